The smallest absolute Gasteiger partial charge is 0.273 e. The molecule has 6 nitrogen and oxygen atoms in total. The van der Waals surface area contributed by atoms with Crippen molar-refractivity contribution in [3.63, 3.8) is 0 Å². The molecule has 1 saturated heterocycles. The van der Waals surface area contributed by atoms with Gasteiger partial charge in [0.05, 0.1) is 11.7 Å². The Morgan fingerprint density at radius 2 is 1.96 bits per heavy atom. The Kier molecular flexibility index (Phi) is 6.24. The number of nitrogens with one attached hydrogen (secondary N) is 2. The Labute approximate surface area is 144 Å². The third kappa shape index (κ3) is 4.35. The van der Waals surface area contributed by atoms with Crippen LogP contribution in [0.1, 0.15) is 80.0 Å². The summed E-state index contributed by atoms with van der Waals surface area (Å²) in [6, 6.07) is 0.367. The molecule has 24 heavy (non-hydrogen) atoms. The molecular formula is C18H31N5O. The Morgan fingerprint density at radius 3 is 2.71 bits per heavy atom. The molecule has 134 valence electrons. The van der Waals surface area contributed by atoms with Gasteiger partial charge in [-0.25, -0.2) is 4.68 Å². The molecule has 0 unspecified atom stereocenters. The number of carbonyl (C=O) groups excluding carboxylic acids is 1. The largest absolute Gasteiger partial charge is 0.351 e. The van der Waals surface area contributed by atoms with Gasteiger partial charge < -0.3 is 10.6 Å². The number of hydrogen-bond donors (Lipinski definition) is 2. The maximum atomic E-state index is 12.3. The molecule has 2 aliphatic rings. The molecule has 1 aliphatic carbocycles. The fraction of sp³-hybridized carbons (Fsp3) is 0.833. The van der Waals surface area contributed by atoms with Crippen molar-refractivity contribution in [2.24, 2.45) is 5.92 Å². The second-order valence-corrected chi connectivity index (χ2v) is 7.35. The van der Waals surface area contributed by atoms with Gasteiger partial charge in [0.15, 0.2) is 5.69 Å². The minimum Gasteiger partial charge on any atom is -0.351 e. The fourth-order valence-electron chi connectivity index (χ4n) is 4.09. The van der Waals surface area contributed by atoms with Crippen molar-refractivity contribution in [2.45, 2.75) is 70.8 Å². The molecule has 1 saturated carbocycles. The van der Waals surface area contributed by atoms with Gasteiger partial charge in [-0.05, 0) is 45.2 Å². The van der Waals surface area contributed by atoms with E-state index in [1.54, 1.807) is 0 Å². The number of piperidine rings is 1. The van der Waals surface area contributed by atoms with E-state index in [2.05, 4.69) is 20.9 Å². The molecule has 6 heteroatoms. The van der Waals surface area contributed by atoms with Gasteiger partial charge in [0, 0.05) is 6.54 Å². The number of aromatic nitrogens is 3. The van der Waals surface area contributed by atoms with Crippen LogP contribution in [0.3, 0.4) is 0 Å². The lowest BCUT2D eigenvalue weighted by Crippen LogP contribution is -2.30. The third-order valence-electron chi connectivity index (χ3n) is 5.60. The Balaban J connectivity index is 1.42. The predicted molar refractivity (Wildman–Crippen MR) is 94.0 cm³/mol. The maximum Gasteiger partial charge on any atom is 0.273 e. The van der Waals surface area contributed by atoms with E-state index in [-0.39, 0.29) is 5.91 Å². The minimum atomic E-state index is -0.0754. The molecule has 2 fully saturated rings. The van der Waals surface area contributed by atoms with Crippen molar-refractivity contribution in [3.05, 3.63) is 11.4 Å². The SMILES string of the molecule is Cc1c(C(=O)NCCCCC2CCCC2)nnn1C1CCNCC1. The summed E-state index contributed by atoms with van der Waals surface area (Å²) in [6.07, 6.45) is 11.3. The van der Waals surface area contributed by atoms with Crippen molar-refractivity contribution >= 4 is 5.91 Å². The van der Waals surface area contributed by atoms with Crippen LogP contribution < -0.4 is 10.6 Å². The minimum absolute atomic E-state index is 0.0754. The van der Waals surface area contributed by atoms with Gasteiger partial charge >= 0.3 is 0 Å². The van der Waals surface area contributed by atoms with Crippen LogP contribution in [0.25, 0.3) is 0 Å². The summed E-state index contributed by atoms with van der Waals surface area (Å²) in [7, 11) is 0. The summed E-state index contributed by atoms with van der Waals surface area (Å²) in [4.78, 5) is 12.3. The van der Waals surface area contributed by atoms with Crippen LogP contribution in [0, 0.1) is 12.8 Å². The zero-order chi connectivity index (χ0) is 16.8. The Hall–Kier alpha value is -1.43. The lowest BCUT2D eigenvalue weighted by molar-refractivity contribution is 0.0947. The van der Waals surface area contributed by atoms with Gasteiger partial charge in [-0.3, -0.25) is 4.79 Å². The van der Waals surface area contributed by atoms with E-state index in [4.69, 9.17) is 0 Å². The average Bonchev–Trinajstić information content (AvgIpc) is 3.25. The van der Waals surface area contributed by atoms with E-state index >= 15 is 0 Å². The highest BCUT2D eigenvalue weighted by atomic mass is 16.2. The second-order valence-electron chi connectivity index (χ2n) is 7.35. The van der Waals surface area contributed by atoms with Crippen LogP contribution >= 0.6 is 0 Å². The first kappa shape index (κ1) is 17.4. The molecule has 0 spiro atoms. The second kappa shape index (κ2) is 8.60. The lowest BCUT2D eigenvalue weighted by atomic mass is 10.0. The summed E-state index contributed by atoms with van der Waals surface area (Å²) in [5.74, 6) is 0.862. The normalized spacial score (nSPS) is 19.7. The summed E-state index contributed by atoms with van der Waals surface area (Å²) < 4.78 is 1.94. The molecule has 0 bridgehead atoms. The van der Waals surface area contributed by atoms with Crippen LogP contribution in [0.2, 0.25) is 0 Å². The average molecular weight is 333 g/mol. The Morgan fingerprint density at radius 1 is 1.21 bits per heavy atom. The number of nitrogens with zero attached hydrogens (tertiary/aromatic N) is 3. The van der Waals surface area contributed by atoms with Gasteiger partial charge in [0.25, 0.3) is 5.91 Å². The quantitative estimate of drug-likeness (QED) is 0.752. The first-order valence-corrected chi connectivity index (χ1v) is 9.66. The number of unbranched alkanes of at least 4 members (excludes halogenated alkanes) is 1. The first-order valence-electron chi connectivity index (χ1n) is 9.66. The van der Waals surface area contributed by atoms with Crippen LogP contribution in [0.15, 0.2) is 0 Å². The molecule has 1 amide bonds. The van der Waals surface area contributed by atoms with Crippen molar-refractivity contribution in [1.82, 2.24) is 25.6 Å². The molecule has 2 N–H and O–H groups in total. The van der Waals surface area contributed by atoms with Crippen molar-refractivity contribution in [2.75, 3.05) is 19.6 Å². The summed E-state index contributed by atoms with van der Waals surface area (Å²) in [5, 5.41) is 14.7. The molecular weight excluding hydrogens is 302 g/mol. The number of rotatable bonds is 7. The summed E-state index contributed by atoms with van der Waals surface area (Å²) in [5.41, 5.74) is 1.38. The third-order valence-corrected chi connectivity index (χ3v) is 5.60. The summed E-state index contributed by atoms with van der Waals surface area (Å²) in [6.45, 7) is 4.71. The van der Waals surface area contributed by atoms with Crippen molar-refractivity contribution in [1.29, 1.82) is 0 Å². The highest BCUT2D eigenvalue weighted by Crippen LogP contribution is 2.28. The van der Waals surface area contributed by atoms with Crippen LogP contribution in [-0.4, -0.2) is 40.5 Å². The maximum absolute atomic E-state index is 12.3. The van der Waals surface area contributed by atoms with Crippen LogP contribution in [0.4, 0.5) is 0 Å². The van der Waals surface area contributed by atoms with Gasteiger partial charge in [-0.15, -0.1) is 5.10 Å². The zero-order valence-corrected chi connectivity index (χ0v) is 14.9. The Bertz CT molecular complexity index is 530. The van der Waals surface area contributed by atoms with E-state index in [1.165, 1.54) is 38.5 Å². The monoisotopic (exact) mass is 333 g/mol. The van der Waals surface area contributed by atoms with Gasteiger partial charge in [-0.1, -0.05) is 43.7 Å². The van der Waals surface area contributed by atoms with Crippen molar-refractivity contribution < 1.29 is 4.79 Å². The number of hydrogen-bond acceptors (Lipinski definition) is 4. The lowest BCUT2D eigenvalue weighted by Gasteiger charge is -2.23. The van der Waals surface area contributed by atoms with E-state index in [0.717, 1.165) is 50.5 Å². The highest BCUT2D eigenvalue weighted by Gasteiger charge is 2.22. The molecule has 2 heterocycles. The molecule has 3 rings (SSSR count). The fourth-order valence-corrected chi connectivity index (χ4v) is 4.09. The molecule has 0 radical (unpaired) electrons. The molecule has 0 atom stereocenters. The van der Waals surface area contributed by atoms with Crippen molar-refractivity contribution in [3.8, 4) is 0 Å². The topological polar surface area (TPSA) is 71.8 Å². The molecule has 0 aromatic carbocycles. The van der Waals surface area contributed by atoms with Crippen LogP contribution in [-0.2, 0) is 0 Å². The highest BCUT2D eigenvalue weighted by molar-refractivity contribution is 5.93. The molecule has 1 aromatic rings. The van der Waals surface area contributed by atoms with E-state index in [1.807, 2.05) is 11.6 Å². The summed E-state index contributed by atoms with van der Waals surface area (Å²) >= 11 is 0. The zero-order valence-electron chi connectivity index (χ0n) is 14.9. The predicted octanol–water partition coefficient (Wildman–Crippen LogP) is 2.60. The molecule has 1 aliphatic heterocycles. The molecule has 1 aromatic heterocycles. The van der Waals surface area contributed by atoms with E-state index in [0.29, 0.717) is 11.7 Å². The number of amides is 1. The standard InChI is InChI=1S/C18H31N5O/c1-14-17(21-22-23(14)16-9-12-19-13-10-16)18(24)20-11-5-4-8-15-6-2-3-7-15/h15-16,19H,2-13H2,1H3,(H,20,24). The van der Waals surface area contributed by atoms with E-state index < -0.39 is 0 Å². The first-order chi connectivity index (χ1) is 11.8. The van der Waals surface area contributed by atoms with Gasteiger partial charge in [0.1, 0.15) is 0 Å². The van der Waals surface area contributed by atoms with Gasteiger partial charge in [0.2, 0.25) is 0 Å². The number of carbonyl (C=O) groups is 1. The van der Waals surface area contributed by atoms with E-state index in [9.17, 15) is 4.79 Å². The van der Waals surface area contributed by atoms with Crippen LogP contribution in [0.5, 0.6) is 0 Å². The van der Waals surface area contributed by atoms with Gasteiger partial charge in [-0.2, -0.15) is 0 Å².